The molecule has 1 saturated heterocycles. The lowest BCUT2D eigenvalue weighted by Crippen LogP contribution is -2.27. The first-order valence-corrected chi connectivity index (χ1v) is 8.52. The van der Waals surface area contributed by atoms with Crippen molar-refractivity contribution < 1.29 is 14.3 Å². The average molecular weight is 372 g/mol. The van der Waals surface area contributed by atoms with E-state index in [0.29, 0.717) is 35.8 Å². The summed E-state index contributed by atoms with van der Waals surface area (Å²) in [4.78, 5) is 53.3. The van der Waals surface area contributed by atoms with Gasteiger partial charge in [0.2, 0.25) is 5.91 Å². The molecule has 2 heterocycles. The van der Waals surface area contributed by atoms with Crippen molar-refractivity contribution in [3.05, 3.63) is 55.9 Å². The number of hydrogen-bond donors (Lipinski definition) is 3. The van der Waals surface area contributed by atoms with Crippen LogP contribution in [0.25, 0.3) is 0 Å². The Bertz CT molecular complexity index is 1010. The molecule has 1 aromatic heterocycles. The van der Waals surface area contributed by atoms with Gasteiger partial charge in [-0.1, -0.05) is 6.07 Å². The summed E-state index contributed by atoms with van der Waals surface area (Å²) in [5.41, 5.74) is 1.88. The second kappa shape index (κ2) is 7.48. The van der Waals surface area contributed by atoms with E-state index in [2.05, 4.69) is 15.3 Å². The molecule has 0 saturated carbocycles. The molecule has 9 nitrogen and oxygen atoms in total. The third kappa shape index (κ3) is 4.08. The molecule has 3 rings (SSSR count). The molecule has 0 spiro atoms. The van der Waals surface area contributed by atoms with E-state index in [0.717, 1.165) is 5.56 Å². The highest BCUT2D eigenvalue weighted by molar-refractivity contribution is 5.94. The van der Waals surface area contributed by atoms with Crippen molar-refractivity contribution in [1.29, 1.82) is 0 Å². The van der Waals surface area contributed by atoms with E-state index in [-0.39, 0.29) is 18.7 Å². The Morgan fingerprint density at radius 1 is 1.22 bits per heavy atom. The number of benzene rings is 1. The normalized spacial score (nSPS) is 13.6. The lowest BCUT2D eigenvalue weighted by molar-refractivity contribution is -0.116. The maximum atomic E-state index is 12.3. The Balaban J connectivity index is 1.69. The topological polar surface area (TPSA) is 124 Å². The predicted octanol–water partition coefficient (Wildman–Crippen LogP) is 1.21. The summed E-state index contributed by atoms with van der Waals surface area (Å²) in [6.07, 6.45) is -0.138. The Hall–Kier alpha value is -3.36. The molecule has 142 valence electrons. The van der Waals surface area contributed by atoms with Crippen LogP contribution < -0.4 is 21.5 Å². The van der Waals surface area contributed by atoms with Crippen LogP contribution in [0, 0.1) is 13.8 Å². The van der Waals surface area contributed by atoms with Crippen molar-refractivity contribution in [3.8, 4) is 0 Å². The number of aromatic amines is 2. The highest BCUT2D eigenvalue weighted by Crippen LogP contribution is 2.26. The van der Waals surface area contributed by atoms with Gasteiger partial charge in [-0.2, -0.15) is 0 Å². The first-order chi connectivity index (χ1) is 12.8. The molecular formula is C18H20N4O5. The molecule has 0 bridgehead atoms. The zero-order chi connectivity index (χ0) is 19.6. The van der Waals surface area contributed by atoms with Crippen LogP contribution in [0.5, 0.6) is 0 Å². The van der Waals surface area contributed by atoms with Crippen LogP contribution in [0.1, 0.15) is 23.2 Å². The molecule has 9 heteroatoms. The van der Waals surface area contributed by atoms with Crippen LogP contribution >= 0.6 is 0 Å². The number of hydrogen-bond acceptors (Lipinski definition) is 5. The summed E-state index contributed by atoms with van der Waals surface area (Å²) < 4.78 is 4.96. The number of anilines is 2. The van der Waals surface area contributed by atoms with Gasteiger partial charge in [-0.3, -0.25) is 19.5 Å². The number of nitrogens with one attached hydrogen (secondary N) is 3. The maximum absolute atomic E-state index is 12.3. The summed E-state index contributed by atoms with van der Waals surface area (Å²) >= 11 is 0. The van der Waals surface area contributed by atoms with Gasteiger partial charge in [0.15, 0.2) is 0 Å². The average Bonchev–Trinajstić information content (AvgIpc) is 3.01. The summed E-state index contributed by atoms with van der Waals surface area (Å²) in [6.45, 7) is 4.29. The van der Waals surface area contributed by atoms with Crippen molar-refractivity contribution in [1.82, 2.24) is 9.97 Å². The van der Waals surface area contributed by atoms with Crippen LogP contribution in [-0.2, 0) is 16.0 Å². The molecule has 0 aliphatic carbocycles. The smallest absolute Gasteiger partial charge is 0.414 e. The molecule has 1 fully saturated rings. The number of carbonyl (C=O) groups excluding carboxylic acids is 2. The van der Waals surface area contributed by atoms with Crippen LogP contribution in [0.4, 0.5) is 16.2 Å². The monoisotopic (exact) mass is 372 g/mol. The number of aromatic nitrogens is 2. The molecule has 27 heavy (non-hydrogen) atoms. The molecule has 0 unspecified atom stereocenters. The van der Waals surface area contributed by atoms with Crippen molar-refractivity contribution in [2.24, 2.45) is 0 Å². The fourth-order valence-corrected chi connectivity index (χ4v) is 2.98. The van der Waals surface area contributed by atoms with Crippen LogP contribution in [0.2, 0.25) is 0 Å². The highest BCUT2D eigenvalue weighted by atomic mass is 16.6. The van der Waals surface area contributed by atoms with Gasteiger partial charge >= 0.3 is 11.8 Å². The van der Waals surface area contributed by atoms with E-state index in [4.69, 9.17) is 4.74 Å². The maximum Gasteiger partial charge on any atom is 0.414 e. The molecule has 0 atom stereocenters. The second-order valence-corrected chi connectivity index (χ2v) is 6.33. The third-order valence-electron chi connectivity index (χ3n) is 4.40. The van der Waals surface area contributed by atoms with Crippen LogP contribution in [0.15, 0.2) is 27.8 Å². The summed E-state index contributed by atoms with van der Waals surface area (Å²) in [7, 11) is 0. The molecule has 2 aromatic rings. The van der Waals surface area contributed by atoms with Gasteiger partial charge in [0.25, 0.3) is 5.56 Å². The molecule has 1 aliphatic heterocycles. The fourth-order valence-electron chi connectivity index (χ4n) is 2.98. The number of aryl methyl sites for hydroxylation is 2. The number of carbonyl (C=O) groups is 2. The summed E-state index contributed by atoms with van der Waals surface area (Å²) in [5.74, 6) is -0.279. The number of H-pyrrole nitrogens is 2. The van der Waals surface area contributed by atoms with Crippen LogP contribution in [-0.4, -0.2) is 35.1 Å². The van der Waals surface area contributed by atoms with Gasteiger partial charge in [0.1, 0.15) is 6.61 Å². The molecule has 2 amide bonds. The Morgan fingerprint density at radius 3 is 2.67 bits per heavy atom. The predicted molar refractivity (Wildman–Crippen MR) is 99.2 cm³/mol. The largest absolute Gasteiger partial charge is 0.447 e. The van der Waals surface area contributed by atoms with Gasteiger partial charge < -0.3 is 15.0 Å². The van der Waals surface area contributed by atoms with Crippen LogP contribution in [0.3, 0.4) is 0 Å². The van der Waals surface area contributed by atoms with Gasteiger partial charge in [-0.25, -0.2) is 9.59 Å². The Kier molecular flexibility index (Phi) is 5.11. The summed E-state index contributed by atoms with van der Waals surface area (Å²) in [6, 6.07) is 5.28. The quantitative estimate of drug-likeness (QED) is 0.728. The van der Waals surface area contributed by atoms with Gasteiger partial charge in [-0.05, 0) is 38.0 Å². The van der Waals surface area contributed by atoms with E-state index >= 15 is 0 Å². The van der Waals surface area contributed by atoms with E-state index in [1.54, 1.807) is 19.1 Å². The summed E-state index contributed by atoms with van der Waals surface area (Å²) in [5, 5.41) is 2.77. The van der Waals surface area contributed by atoms with Crippen molar-refractivity contribution in [3.63, 3.8) is 0 Å². The standard InChI is InChI=1S/C18H20N4O5/c1-10-3-4-12(9-14(10)22-7-8-27-18(22)26)20-15(23)6-5-13-11(2)19-17(25)21-16(13)24/h3-4,9H,5-8H2,1-2H3,(H,20,23)(H2,19,21,24,25). The van der Waals surface area contributed by atoms with Crippen molar-refractivity contribution in [2.45, 2.75) is 26.7 Å². The number of cyclic esters (lactones) is 1. The van der Waals surface area contributed by atoms with E-state index in [1.165, 1.54) is 4.90 Å². The third-order valence-corrected chi connectivity index (χ3v) is 4.40. The fraction of sp³-hybridized carbons (Fsp3) is 0.333. The minimum Gasteiger partial charge on any atom is -0.447 e. The van der Waals surface area contributed by atoms with E-state index in [9.17, 15) is 19.2 Å². The first-order valence-electron chi connectivity index (χ1n) is 8.52. The molecule has 1 aliphatic rings. The van der Waals surface area contributed by atoms with E-state index in [1.807, 2.05) is 13.0 Å². The van der Waals surface area contributed by atoms with E-state index < -0.39 is 17.3 Å². The van der Waals surface area contributed by atoms with Crippen molar-refractivity contribution >= 4 is 23.4 Å². The second-order valence-electron chi connectivity index (χ2n) is 6.33. The number of nitrogens with zero attached hydrogens (tertiary/aromatic N) is 1. The highest BCUT2D eigenvalue weighted by Gasteiger charge is 2.25. The van der Waals surface area contributed by atoms with Gasteiger partial charge in [-0.15, -0.1) is 0 Å². The minimum absolute atomic E-state index is 0.0743. The number of ether oxygens (including phenoxy) is 1. The Labute approximate surface area is 154 Å². The zero-order valence-corrected chi connectivity index (χ0v) is 15.0. The zero-order valence-electron chi connectivity index (χ0n) is 15.0. The molecule has 3 N–H and O–H groups in total. The van der Waals surface area contributed by atoms with Gasteiger partial charge in [0, 0.05) is 23.4 Å². The molecular weight excluding hydrogens is 352 g/mol. The minimum atomic E-state index is -0.571. The van der Waals surface area contributed by atoms with Gasteiger partial charge in [0.05, 0.1) is 12.2 Å². The molecule has 0 radical (unpaired) electrons. The SMILES string of the molecule is Cc1ccc(NC(=O)CCc2c(C)[nH]c(=O)[nH]c2=O)cc1N1CCOC1=O. The Morgan fingerprint density at radius 2 is 2.00 bits per heavy atom. The molecule has 1 aromatic carbocycles. The lowest BCUT2D eigenvalue weighted by atomic mass is 10.1. The first kappa shape index (κ1) is 18.4. The van der Waals surface area contributed by atoms with Crippen molar-refractivity contribution in [2.75, 3.05) is 23.4 Å². The number of rotatable bonds is 5. The lowest BCUT2D eigenvalue weighted by Gasteiger charge is -2.17. The number of amides is 2.